The maximum absolute atomic E-state index is 13.4. The molecule has 1 saturated heterocycles. The molecule has 9 heteroatoms. The van der Waals surface area contributed by atoms with Crippen molar-refractivity contribution in [2.75, 3.05) is 36.1 Å². The average Bonchev–Trinajstić information content (AvgIpc) is 3.55. The number of carboxylic acid groups (broad SMARTS) is 1. The van der Waals surface area contributed by atoms with Crippen molar-refractivity contribution in [1.29, 1.82) is 0 Å². The Hall–Kier alpha value is -5.28. The summed E-state index contributed by atoms with van der Waals surface area (Å²) < 4.78 is 11.8. The minimum atomic E-state index is -1.17. The number of carbonyl (C=O) groups excluding carboxylic acids is 2. The van der Waals surface area contributed by atoms with Gasteiger partial charge < -0.3 is 19.2 Å². The first-order chi connectivity index (χ1) is 20.0. The molecule has 0 bridgehead atoms. The molecule has 0 spiro atoms. The zero-order valence-electron chi connectivity index (χ0n) is 21.7. The lowest BCUT2D eigenvalue weighted by atomic mass is 10.1. The van der Waals surface area contributed by atoms with E-state index in [1.807, 2.05) is 54.6 Å². The van der Waals surface area contributed by atoms with Crippen molar-refractivity contribution in [2.24, 2.45) is 0 Å². The SMILES string of the molecule is O=C(O)c1ccc2c(c1)C(=O)N(c1ccc(N3CCOCC3)c(-c3nc4cc(-c5ccccc5)ccc4o3)c1)C2=O. The predicted molar refractivity (Wildman–Crippen MR) is 152 cm³/mol. The summed E-state index contributed by atoms with van der Waals surface area (Å²) in [4.78, 5) is 46.2. The number of carboxylic acids is 1. The molecule has 2 amide bonds. The average molecular weight is 546 g/mol. The molecule has 2 aliphatic rings. The third-order valence-corrected chi connectivity index (χ3v) is 7.45. The van der Waals surface area contributed by atoms with Gasteiger partial charge in [0.05, 0.1) is 41.2 Å². The number of hydrogen-bond acceptors (Lipinski definition) is 7. The summed E-state index contributed by atoms with van der Waals surface area (Å²) in [5.41, 5.74) is 5.34. The van der Waals surface area contributed by atoms with E-state index in [0.29, 0.717) is 54.5 Å². The van der Waals surface area contributed by atoms with Crippen LogP contribution in [0.3, 0.4) is 0 Å². The second-order valence-electron chi connectivity index (χ2n) is 9.88. The Morgan fingerprint density at radius 1 is 0.780 bits per heavy atom. The van der Waals surface area contributed by atoms with Crippen LogP contribution < -0.4 is 9.80 Å². The highest BCUT2D eigenvalue weighted by atomic mass is 16.5. The number of imide groups is 1. The normalized spacial score (nSPS) is 15.0. The summed E-state index contributed by atoms with van der Waals surface area (Å²) in [7, 11) is 0. The van der Waals surface area contributed by atoms with Gasteiger partial charge in [-0.15, -0.1) is 0 Å². The minimum Gasteiger partial charge on any atom is -0.478 e. The van der Waals surface area contributed by atoms with Gasteiger partial charge in [-0.2, -0.15) is 0 Å². The summed E-state index contributed by atoms with van der Waals surface area (Å²) >= 11 is 0. The van der Waals surface area contributed by atoms with Gasteiger partial charge in [0.1, 0.15) is 5.52 Å². The summed E-state index contributed by atoms with van der Waals surface area (Å²) in [6.45, 7) is 2.46. The Bertz CT molecular complexity index is 1860. The lowest BCUT2D eigenvalue weighted by molar-refractivity contribution is 0.0696. The molecule has 9 nitrogen and oxygen atoms in total. The molecule has 2 aliphatic heterocycles. The molecule has 202 valence electrons. The van der Waals surface area contributed by atoms with Crippen LogP contribution in [0.25, 0.3) is 33.7 Å². The third-order valence-electron chi connectivity index (χ3n) is 7.45. The van der Waals surface area contributed by atoms with Crippen molar-refractivity contribution in [2.45, 2.75) is 0 Å². The molecule has 3 heterocycles. The van der Waals surface area contributed by atoms with Gasteiger partial charge >= 0.3 is 5.97 Å². The highest BCUT2D eigenvalue weighted by Crippen LogP contribution is 2.39. The molecule has 0 aliphatic carbocycles. The first-order valence-corrected chi connectivity index (χ1v) is 13.2. The summed E-state index contributed by atoms with van der Waals surface area (Å²) in [5, 5.41) is 9.37. The van der Waals surface area contributed by atoms with Crippen molar-refractivity contribution in [3.63, 3.8) is 0 Å². The second kappa shape index (κ2) is 9.72. The van der Waals surface area contributed by atoms with Crippen molar-refractivity contribution in [3.05, 3.63) is 102 Å². The van der Waals surface area contributed by atoms with E-state index in [9.17, 15) is 19.5 Å². The van der Waals surface area contributed by atoms with E-state index in [-0.39, 0.29) is 16.7 Å². The Balaban J connectivity index is 1.33. The van der Waals surface area contributed by atoms with Crippen LogP contribution in [0.5, 0.6) is 0 Å². The monoisotopic (exact) mass is 545 g/mol. The predicted octanol–water partition coefficient (Wildman–Crippen LogP) is 5.50. The number of amides is 2. The zero-order valence-corrected chi connectivity index (χ0v) is 21.7. The number of benzene rings is 4. The molecule has 0 unspecified atom stereocenters. The van der Waals surface area contributed by atoms with Crippen LogP contribution in [0.15, 0.2) is 89.3 Å². The zero-order chi connectivity index (χ0) is 28.1. The summed E-state index contributed by atoms with van der Waals surface area (Å²) in [6, 6.07) is 25.1. The van der Waals surface area contributed by atoms with E-state index in [2.05, 4.69) is 4.90 Å². The second-order valence-corrected chi connectivity index (χ2v) is 9.88. The largest absolute Gasteiger partial charge is 0.478 e. The molecule has 5 aromatic rings. The molecule has 0 saturated carbocycles. The number of morpholine rings is 1. The van der Waals surface area contributed by atoms with Gasteiger partial charge in [0.15, 0.2) is 5.58 Å². The summed E-state index contributed by atoms with van der Waals surface area (Å²) in [5.74, 6) is -1.91. The van der Waals surface area contributed by atoms with E-state index in [4.69, 9.17) is 14.1 Å². The van der Waals surface area contributed by atoms with Gasteiger partial charge in [-0.05, 0) is 59.7 Å². The molecule has 1 fully saturated rings. The molecular weight excluding hydrogens is 522 g/mol. The van der Waals surface area contributed by atoms with Gasteiger partial charge in [-0.25, -0.2) is 14.7 Å². The van der Waals surface area contributed by atoms with Crippen LogP contribution in [0.1, 0.15) is 31.1 Å². The first kappa shape index (κ1) is 24.7. The van der Waals surface area contributed by atoms with Crippen LogP contribution in [0.4, 0.5) is 11.4 Å². The highest BCUT2D eigenvalue weighted by molar-refractivity contribution is 6.34. The lowest BCUT2D eigenvalue weighted by Gasteiger charge is -2.30. The molecule has 4 aromatic carbocycles. The Kier molecular flexibility index (Phi) is 5.87. The summed E-state index contributed by atoms with van der Waals surface area (Å²) in [6.07, 6.45) is 0. The van der Waals surface area contributed by atoms with E-state index in [0.717, 1.165) is 21.7 Å². The molecule has 41 heavy (non-hydrogen) atoms. The van der Waals surface area contributed by atoms with Crippen molar-refractivity contribution in [3.8, 4) is 22.6 Å². The van der Waals surface area contributed by atoms with Crippen LogP contribution in [-0.2, 0) is 4.74 Å². The third kappa shape index (κ3) is 4.23. The van der Waals surface area contributed by atoms with E-state index in [1.54, 1.807) is 12.1 Å². The van der Waals surface area contributed by atoms with Crippen LogP contribution in [0, 0.1) is 0 Å². The molecular formula is C32H23N3O6. The van der Waals surface area contributed by atoms with Gasteiger partial charge in [-0.1, -0.05) is 36.4 Å². The maximum atomic E-state index is 13.4. The fourth-order valence-corrected chi connectivity index (χ4v) is 5.38. The smallest absolute Gasteiger partial charge is 0.335 e. The van der Waals surface area contributed by atoms with Gasteiger partial charge in [0.2, 0.25) is 5.89 Å². The van der Waals surface area contributed by atoms with Crippen LogP contribution in [-0.4, -0.2) is 54.2 Å². The van der Waals surface area contributed by atoms with E-state index >= 15 is 0 Å². The maximum Gasteiger partial charge on any atom is 0.335 e. The van der Waals surface area contributed by atoms with Crippen molar-refractivity contribution < 1.29 is 28.6 Å². The number of carbonyl (C=O) groups is 3. The van der Waals surface area contributed by atoms with Gasteiger partial charge in [0.25, 0.3) is 11.8 Å². The Labute approximate surface area is 234 Å². The van der Waals surface area contributed by atoms with Gasteiger partial charge in [0, 0.05) is 18.8 Å². The number of ether oxygens (including phenoxy) is 1. The number of aromatic nitrogens is 1. The van der Waals surface area contributed by atoms with Crippen LogP contribution >= 0.6 is 0 Å². The molecule has 7 rings (SSSR count). The number of aromatic carboxylic acids is 1. The highest BCUT2D eigenvalue weighted by Gasteiger charge is 2.38. The van der Waals surface area contributed by atoms with E-state index in [1.165, 1.54) is 18.2 Å². The molecule has 1 N–H and O–H groups in total. The number of nitrogens with zero attached hydrogens (tertiary/aromatic N) is 3. The molecule has 0 atom stereocenters. The van der Waals surface area contributed by atoms with Crippen molar-refractivity contribution in [1.82, 2.24) is 4.98 Å². The van der Waals surface area contributed by atoms with Crippen molar-refractivity contribution >= 4 is 40.3 Å². The van der Waals surface area contributed by atoms with E-state index < -0.39 is 17.8 Å². The standard InChI is InChI=1S/C32H23N3O6/c36-30-23-9-6-21(32(38)39)16-24(23)31(37)35(30)22-8-10-27(34-12-14-40-15-13-34)25(18-22)29-33-26-17-20(7-11-28(26)41-29)19-4-2-1-3-5-19/h1-11,16-18H,12-15H2,(H,38,39). The number of anilines is 2. The fraction of sp³-hybridized carbons (Fsp3) is 0.125. The lowest BCUT2D eigenvalue weighted by Crippen LogP contribution is -2.36. The molecule has 1 aromatic heterocycles. The molecule has 0 radical (unpaired) electrons. The number of hydrogen-bond donors (Lipinski definition) is 1. The fourth-order valence-electron chi connectivity index (χ4n) is 5.38. The Morgan fingerprint density at radius 2 is 1.56 bits per heavy atom. The van der Waals surface area contributed by atoms with Crippen LogP contribution in [0.2, 0.25) is 0 Å². The number of oxazole rings is 1. The Morgan fingerprint density at radius 3 is 2.34 bits per heavy atom. The number of rotatable bonds is 5. The minimum absolute atomic E-state index is 0.0588. The topological polar surface area (TPSA) is 113 Å². The quantitative estimate of drug-likeness (QED) is 0.288. The first-order valence-electron chi connectivity index (χ1n) is 13.2. The number of fused-ring (bicyclic) bond motifs is 2. The van der Waals surface area contributed by atoms with Gasteiger partial charge in [-0.3, -0.25) is 9.59 Å².